The van der Waals surface area contributed by atoms with Crippen molar-refractivity contribution in [1.29, 1.82) is 0 Å². The van der Waals surface area contributed by atoms with Crippen molar-refractivity contribution in [3.8, 4) is 0 Å². The minimum absolute atomic E-state index is 0.364. The van der Waals surface area contributed by atoms with Crippen LogP contribution in [0.1, 0.15) is 26.7 Å². The molecule has 14 heavy (non-hydrogen) atoms. The fourth-order valence-corrected chi connectivity index (χ4v) is 1.54. The van der Waals surface area contributed by atoms with Gasteiger partial charge in [-0.2, -0.15) is 0 Å². The topological polar surface area (TPSA) is 84.2 Å². The molecule has 0 saturated heterocycles. The molecule has 0 aromatic rings. The molecule has 0 bridgehead atoms. The predicted octanol–water partition coefficient (Wildman–Crippen LogP) is -0.0421. The molecule has 0 aromatic carbocycles. The summed E-state index contributed by atoms with van der Waals surface area (Å²) in [5.41, 5.74) is 4.84. The summed E-state index contributed by atoms with van der Waals surface area (Å²) in [4.78, 5) is 21.7. The highest BCUT2D eigenvalue weighted by Crippen LogP contribution is 2.26. The van der Waals surface area contributed by atoms with E-state index in [1.807, 2.05) is 5.32 Å². The number of amides is 3. The molecule has 1 fully saturated rings. The van der Waals surface area contributed by atoms with Crippen LogP contribution in [0.25, 0.3) is 0 Å². The smallest absolute Gasteiger partial charge is 0.318 e. The number of carbonyl (C=O) groups is 2. The van der Waals surface area contributed by atoms with Gasteiger partial charge in [0, 0.05) is 6.04 Å². The van der Waals surface area contributed by atoms with Crippen LogP contribution in [-0.4, -0.2) is 24.0 Å². The van der Waals surface area contributed by atoms with Crippen LogP contribution < -0.4 is 16.4 Å². The largest absolute Gasteiger partial charge is 0.351 e. The number of hydrogen-bond acceptors (Lipinski definition) is 3. The Balaban J connectivity index is 2.30. The Morgan fingerprint density at radius 2 is 2.07 bits per heavy atom. The molecule has 5 heteroatoms. The Labute approximate surface area is 83.4 Å². The van der Waals surface area contributed by atoms with Gasteiger partial charge in [-0.1, -0.05) is 6.92 Å². The van der Waals surface area contributed by atoms with E-state index in [-0.39, 0.29) is 11.9 Å². The van der Waals surface area contributed by atoms with Gasteiger partial charge in [-0.3, -0.25) is 10.1 Å². The van der Waals surface area contributed by atoms with Crippen LogP contribution in [0.15, 0.2) is 0 Å². The molecule has 1 aliphatic rings. The molecule has 0 heterocycles. The lowest BCUT2D eigenvalue weighted by atomic mass is 9.81. The van der Waals surface area contributed by atoms with E-state index in [4.69, 9.17) is 5.73 Å². The lowest BCUT2D eigenvalue weighted by Gasteiger charge is -2.36. The maximum Gasteiger partial charge on any atom is 0.318 e. The van der Waals surface area contributed by atoms with Gasteiger partial charge < -0.3 is 11.1 Å². The van der Waals surface area contributed by atoms with Crippen LogP contribution in [0.4, 0.5) is 4.79 Å². The van der Waals surface area contributed by atoms with Crippen LogP contribution in [0, 0.1) is 5.92 Å². The van der Waals surface area contributed by atoms with Crippen molar-refractivity contribution in [2.24, 2.45) is 11.7 Å². The second-order valence-electron chi connectivity index (χ2n) is 3.90. The van der Waals surface area contributed by atoms with Crippen molar-refractivity contribution in [3.63, 3.8) is 0 Å². The lowest BCUT2D eigenvalue weighted by molar-refractivity contribution is -0.122. The van der Waals surface area contributed by atoms with Gasteiger partial charge in [-0.25, -0.2) is 4.79 Å². The first-order valence-corrected chi connectivity index (χ1v) is 4.87. The summed E-state index contributed by atoms with van der Waals surface area (Å²) >= 11 is 0. The minimum Gasteiger partial charge on any atom is -0.351 e. The van der Waals surface area contributed by atoms with Crippen LogP contribution in [0.2, 0.25) is 0 Å². The van der Waals surface area contributed by atoms with E-state index in [9.17, 15) is 9.59 Å². The molecule has 1 saturated carbocycles. The van der Waals surface area contributed by atoms with E-state index >= 15 is 0 Å². The predicted molar refractivity (Wildman–Crippen MR) is 52.5 cm³/mol. The highest BCUT2D eigenvalue weighted by atomic mass is 16.2. The van der Waals surface area contributed by atoms with Gasteiger partial charge in [0.2, 0.25) is 5.91 Å². The van der Waals surface area contributed by atoms with Gasteiger partial charge in [-0.15, -0.1) is 0 Å². The average Bonchev–Trinajstić information content (AvgIpc) is 2.10. The first-order valence-electron chi connectivity index (χ1n) is 4.87. The standard InChI is InChI=1S/C9H17N3O2/c1-5-3-4-7(5)11-6(2)8(13)12-9(10)14/h5-7,11H,3-4H2,1-2H3,(H3,10,12,13,14). The quantitative estimate of drug-likeness (QED) is 0.596. The van der Waals surface area contributed by atoms with Gasteiger partial charge >= 0.3 is 6.03 Å². The number of imide groups is 1. The first-order chi connectivity index (χ1) is 6.50. The summed E-state index contributed by atoms with van der Waals surface area (Å²) in [7, 11) is 0. The molecule has 0 radical (unpaired) electrons. The molecule has 4 N–H and O–H groups in total. The molecule has 1 aliphatic carbocycles. The number of rotatable bonds is 3. The van der Waals surface area contributed by atoms with Crippen molar-refractivity contribution < 1.29 is 9.59 Å². The zero-order valence-electron chi connectivity index (χ0n) is 8.54. The van der Waals surface area contributed by atoms with Gasteiger partial charge in [-0.05, 0) is 25.7 Å². The number of urea groups is 1. The molecule has 0 spiro atoms. The van der Waals surface area contributed by atoms with E-state index in [1.165, 1.54) is 6.42 Å². The Morgan fingerprint density at radius 1 is 1.43 bits per heavy atom. The normalized spacial score (nSPS) is 27.6. The van der Waals surface area contributed by atoms with E-state index in [0.717, 1.165) is 6.42 Å². The van der Waals surface area contributed by atoms with E-state index in [2.05, 4.69) is 12.2 Å². The van der Waals surface area contributed by atoms with E-state index in [1.54, 1.807) is 6.92 Å². The van der Waals surface area contributed by atoms with Crippen molar-refractivity contribution in [2.75, 3.05) is 0 Å². The monoisotopic (exact) mass is 199 g/mol. The molecule has 5 nitrogen and oxygen atoms in total. The van der Waals surface area contributed by atoms with Crippen molar-refractivity contribution in [3.05, 3.63) is 0 Å². The molecule has 1 rings (SSSR count). The van der Waals surface area contributed by atoms with Gasteiger partial charge in [0.15, 0.2) is 0 Å². The highest BCUT2D eigenvalue weighted by molar-refractivity contribution is 5.96. The average molecular weight is 199 g/mol. The molecule has 3 unspecified atom stereocenters. The Kier molecular flexibility index (Phi) is 3.46. The van der Waals surface area contributed by atoms with Gasteiger partial charge in [0.25, 0.3) is 0 Å². The third-order valence-corrected chi connectivity index (χ3v) is 2.72. The Hall–Kier alpha value is -1.10. The summed E-state index contributed by atoms with van der Waals surface area (Å²) in [6.45, 7) is 3.86. The third-order valence-electron chi connectivity index (χ3n) is 2.72. The molecule has 3 atom stereocenters. The van der Waals surface area contributed by atoms with Crippen LogP contribution >= 0.6 is 0 Å². The molecular weight excluding hydrogens is 182 g/mol. The van der Waals surface area contributed by atoms with Crippen molar-refractivity contribution in [1.82, 2.24) is 10.6 Å². The summed E-state index contributed by atoms with van der Waals surface area (Å²) in [5.74, 6) is 0.246. The SMILES string of the molecule is CC(NC1CCC1C)C(=O)NC(N)=O. The Bertz CT molecular complexity index is 242. The van der Waals surface area contributed by atoms with E-state index in [0.29, 0.717) is 12.0 Å². The van der Waals surface area contributed by atoms with Crippen LogP contribution in [0.3, 0.4) is 0 Å². The molecule has 0 aliphatic heterocycles. The van der Waals surface area contributed by atoms with Gasteiger partial charge in [0.05, 0.1) is 6.04 Å². The zero-order valence-corrected chi connectivity index (χ0v) is 8.54. The highest BCUT2D eigenvalue weighted by Gasteiger charge is 2.29. The lowest BCUT2D eigenvalue weighted by Crippen LogP contribution is -2.53. The zero-order chi connectivity index (χ0) is 10.7. The summed E-state index contributed by atoms with van der Waals surface area (Å²) in [6, 6.07) is -0.774. The van der Waals surface area contributed by atoms with Crippen molar-refractivity contribution >= 4 is 11.9 Å². The molecular formula is C9H17N3O2. The van der Waals surface area contributed by atoms with Crippen molar-refractivity contribution in [2.45, 2.75) is 38.8 Å². The fourth-order valence-electron chi connectivity index (χ4n) is 1.54. The van der Waals surface area contributed by atoms with Gasteiger partial charge in [0.1, 0.15) is 0 Å². The second-order valence-corrected chi connectivity index (χ2v) is 3.90. The van der Waals surface area contributed by atoms with Crippen LogP contribution in [-0.2, 0) is 4.79 Å². The summed E-state index contributed by atoms with van der Waals surface area (Å²) in [6.07, 6.45) is 2.29. The number of hydrogen-bond donors (Lipinski definition) is 3. The molecule has 3 amide bonds. The Morgan fingerprint density at radius 3 is 2.43 bits per heavy atom. The third kappa shape index (κ3) is 2.70. The maximum absolute atomic E-state index is 11.3. The molecule has 0 aromatic heterocycles. The summed E-state index contributed by atoms with van der Waals surface area (Å²) in [5, 5.41) is 5.20. The minimum atomic E-state index is -0.801. The maximum atomic E-state index is 11.3. The molecule has 80 valence electrons. The number of nitrogens with one attached hydrogen (secondary N) is 2. The van der Waals surface area contributed by atoms with E-state index < -0.39 is 6.03 Å². The number of carbonyl (C=O) groups excluding carboxylic acids is 2. The number of primary amides is 1. The number of nitrogens with two attached hydrogens (primary N) is 1. The summed E-state index contributed by atoms with van der Waals surface area (Å²) < 4.78 is 0. The fraction of sp³-hybridized carbons (Fsp3) is 0.778. The second kappa shape index (κ2) is 4.41. The van der Waals surface area contributed by atoms with Crippen LogP contribution in [0.5, 0.6) is 0 Å². The first kappa shape index (κ1) is 11.0.